The van der Waals surface area contributed by atoms with Crippen LogP contribution in [0, 0.1) is 47.3 Å². The van der Waals surface area contributed by atoms with Gasteiger partial charge >= 0.3 is 0 Å². The van der Waals surface area contributed by atoms with E-state index >= 15 is 0 Å². The highest BCUT2D eigenvalue weighted by atomic mass is 15.1. The molecule has 0 aromatic heterocycles. The van der Waals surface area contributed by atoms with Crippen molar-refractivity contribution < 1.29 is 0 Å². The summed E-state index contributed by atoms with van der Waals surface area (Å²) < 4.78 is 0. The van der Waals surface area contributed by atoms with Crippen LogP contribution in [0.1, 0.15) is 25.7 Å². The van der Waals surface area contributed by atoms with Gasteiger partial charge in [-0.15, -0.1) is 0 Å². The van der Waals surface area contributed by atoms with Crippen molar-refractivity contribution in [2.24, 2.45) is 47.3 Å². The second kappa shape index (κ2) is 1.92. The molecule has 0 heterocycles. The summed E-state index contributed by atoms with van der Waals surface area (Å²) in [6, 6.07) is 1.95. The normalized spacial score (nSPS) is 75.6. The van der Waals surface area contributed by atoms with Crippen LogP contribution in [0.3, 0.4) is 0 Å². The predicted octanol–water partition coefficient (Wildman–Crippen LogP) is 1.88. The predicted molar refractivity (Wildman–Crippen MR) is 57.1 cm³/mol. The molecule has 7 fully saturated rings. The summed E-state index contributed by atoms with van der Waals surface area (Å²) >= 11 is 0. The highest BCUT2D eigenvalue weighted by Crippen LogP contribution is 2.82. The van der Waals surface area contributed by atoms with Gasteiger partial charge in [-0.1, -0.05) is 0 Å². The highest BCUT2D eigenvalue weighted by Gasteiger charge is 2.80. The van der Waals surface area contributed by atoms with E-state index in [9.17, 15) is 0 Å². The minimum atomic E-state index is 0.949. The minimum Gasteiger partial charge on any atom is -0.311 e. The average Bonchev–Trinajstić information content (AvgIpc) is 2.56. The molecule has 7 rings (SSSR count). The topological polar surface area (TPSA) is 12.0 Å². The number of hydrogen-bond acceptors (Lipinski definition) is 1. The third-order valence-electron chi connectivity index (χ3n) is 7.33. The highest BCUT2D eigenvalue weighted by molar-refractivity contribution is 5.29. The Bertz CT molecular complexity index is 332. The van der Waals surface area contributed by atoms with E-state index in [-0.39, 0.29) is 0 Å². The Balaban J connectivity index is 1.50. The van der Waals surface area contributed by atoms with Gasteiger partial charge in [0, 0.05) is 12.1 Å². The molecule has 7 aliphatic carbocycles. The smallest absolute Gasteiger partial charge is 0.0137 e. The van der Waals surface area contributed by atoms with E-state index in [0.717, 1.165) is 23.9 Å². The molecular weight excluding hydrogens is 182 g/mol. The van der Waals surface area contributed by atoms with Crippen molar-refractivity contribution in [1.82, 2.24) is 5.32 Å². The van der Waals surface area contributed by atoms with Crippen molar-refractivity contribution in [1.29, 1.82) is 0 Å². The molecule has 1 heteroatoms. The molecular formula is C14H19N. The van der Waals surface area contributed by atoms with Crippen LogP contribution in [-0.4, -0.2) is 12.1 Å². The molecule has 0 aromatic rings. The van der Waals surface area contributed by atoms with E-state index in [1.165, 1.54) is 48.3 Å². The van der Waals surface area contributed by atoms with Crippen LogP contribution in [-0.2, 0) is 0 Å². The summed E-state index contributed by atoms with van der Waals surface area (Å²) in [5, 5.41) is 4.03. The van der Waals surface area contributed by atoms with Crippen LogP contribution in [0.4, 0.5) is 0 Å². The Morgan fingerprint density at radius 3 is 1.80 bits per heavy atom. The van der Waals surface area contributed by atoms with Gasteiger partial charge in [0.25, 0.3) is 0 Å². The molecule has 7 saturated carbocycles. The van der Waals surface area contributed by atoms with E-state index in [4.69, 9.17) is 0 Å². The summed E-state index contributed by atoms with van der Waals surface area (Å²) in [6.07, 6.45) is 6.27. The zero-order valence-corrected chi connectivity index (χ0v) is 9.10. The lowest BCUT2D eigenvalue weighted by Gasteiger charge is -2.33. The zero-order valence-electron chi connectivity index (χ0n) is 9.10. The number of nitrogens with one attached hydrogen (secondary N) is 1. The van der Waals surface area contributed by atoms with Gasteiger partial charge in [0.2, 0.25) is 0 Å². The molecule has 80 valence electrons. The van der Waals surface area contributed by atoms with Crippen LogP contribution in [0.5, 0.6) is 0 Å². The first-order valence-electron chi connectivity index (χ1n) is 7.19. The van der Waals surface area contributed by atoms with Crippen molar-refractivity contribution >= 4 is 0 Å². The Kier molecular flexibility index (Phi) is 0.936. The number of hydrogen-bond donors (Lipinski definition) is 1. The molecule has 0 aliphatic heterocycles. The minimum absolute atomic E-state index is 0.949. The molecule has 7 aliphatic rings. The quantitative estimate of drug-likeness (QED) is 0.719. The summed E-state index contributed by atoms with van der Waals surface area (Å²) in [6.45, 7) is 0. The van der Waals surface area contributed by atoms with Gasteiger partial charge in [-0.2, -0.15) is 0 Å². The summed E-state index contributed by atoms with van der Waals surface area (Å²) in [7, 11) is 0. The SMILES string of the molecule is C1CC1NC1[C@@H]2[C@@H]3C[C@@H]4[C@@H]5C[C@H]([C@H]1[C@H]53)[C@@H]42. The Morgan fingerprint density at radius 1 is 0.667 bits per heavy atom. The van der Waals surface area contributed by atoms with Gasteiger partial charge in [-0.25, -0.2) is 0 Å². The van der Waals surface area contributed by atoms with Crippen LogP contribution >= 0.6 is 0 Å². The third kappa shape index (κ3) is 0.574. The van der Waals surface area contributed by atoms with E-state index in [1.807, 2.05) is 0 Å². The molecule has 0 aromatic carbocycles. The summed E-state index contributed by atoms with van der Waals surface area (Å²) in [5.74, 6) is 9.59. The lowest BCUT2D eigenvalue weighted by atomic mass is 9.71. The molecule has 0 radical (unpaired) electrons. The van der Waals surface area contributed by atoms with E-state index in [2.05, 4.69) is 5.32 Å². The fourth-order valence-corrected chi connectivity index (χ4v) is 7.37. The van der Waals surface area contributed by atoms with Crippen LogP contribution in [0.2, 0.25) is 0 Å². The van der Waals surface area contributed by atoms with Gasteiger partial charge in [0.05, 0.1) is 0 Å². The molecule has 9 atom stereocenters. The second-order valence-electron chi connectivity index (χ2n) is 7.40. The van der Waals surface area contributed by atoms with E-state index in [1.54, 1.807) is 12.8 Å². The van der Waals surface area contributed by atoms with Gasteiger partial charge in [-0.3, -0.25) is 0 Å². The molecule has 1 unspecified atom stereocenters. The van der Waals surface area contributed by atoms with Crippen molar-refractivity contribution in [3.05, 3.63) is 0 Å². The first-order valence-corrected chi connectivity index (χ1v) is 7.19. The summed E-state index contributed by atoms with van der Waals surface area (Å²) in [4.78, 5) is 0. The molecule has 0 saturated heterocycles. The average molecular weight is 201 g/mol. The Morgan fingerprint density at radius 2 is 1.27 bits per heavy atom. The molecule has 0 spiro atoms. The fourth-order valence-electron chi connectivity index (χ4n) is 7.37. The standard InChI is InChI=1S/C14H19N/c1-2-5(1)15-14-12-8-3-6-7-4-9(10(6)12)13(14)11(7)8/h5-15H,1-4H2/t6-,7+,8-,9+,10-,11-,12-,13+,14?/m1/s1. The van der Waals surface area contributed by atoms with E-state index in [0.29, 0.717) is 0 Å². The van der Waals surface area contributed by atoms with Crippen molar-refractivity contribution in [3.8, 4) is 0 Å². The van der Waals surface area contributed by atoms with Crippen LogP contribution in [0.15, 0.2) is 0 Å². The van der Waals surface area contributed by atoms with Crippen LogP contribution < -0.4 is 5.32 Å². The lowest BCUT2D eigenvalue weighted by Crippen LogP contribution is -2.36. The summed E-state index contributed by atoms with van der Waals surface area (Å²) in [5.41, 5.74) is 0. The van der Waals surface area contributed by atoms with Gasteiger partial charge < -0.3 is 5.32 Å². The zero-order chi connectivity index (χ0) is 9.31. The van der Waals surface area contributed by atoms with Gasteiger partial charge in [0.1, 0.15) is 0 Å². The molecule has 1 nitrogen and oxygen atoms in total. The first kappa shape index (κ1) is 7.32. The van der Waals surface area contributed by atoms with Crippen molar-refractivity contribution in [2.45, 2.75) is 37.8 Å². The first-order chi connectivity index (χ1) is 7.43. The monoisotopic (exact) mass is 201 g/mol. The Hall–Kier alpha value is -0.0400. The largest absolute Gasteiger partial charge is 0.311 e. The van der Waals surface area contributed by atoms with Gasteiger partial charge in [0.15, 0.2) is 0 Å². The fraction of sp³-hybridized carbons (Fsp3) is 1.00. The Labute approximate surface area is 91.0 Å². The molecule has 15 heavy (non-hydrogen) atoms. The maximum Gasteiger partial charge on any atom is 0.0137 e. The molecule has 1 N–H and O–H groups in total. The lowest BCUT2D eigenvalue weighted by molar-refractivity contribution is 0.132. The van der Waals surface area contributed by atoms with E-state index < -0.39 is 0 Å². The number of rotatable bonds is 2. The van der Waals surface area contributed by atoms with Crippen LogP contribution in [0.25, 0.3) is 0 Å². The third-order valence-corrected chi connectivity index (χ3v) is 7.33. The van der Waals surface area contributed by atoms with Gasteiger partial charge in [-0.05, 0) is 73.0 Å². The maximum absolute atomic E-state index is 4.03. The van der Waals surface area contributed by atoms with Crippen molar-refractivity contribution in [3.63, 3.8) is 0 Å². The van der Waals surface area contributed by atoms with Crippen molar-refractivity contribution in [2.75, 3.05) is 0 Å². The maximum atomic E-state index is 4.03. The second-order valence-corrected chi connectivity index (χ2v) is 7.40. The molecule has 6 bridgehead atoms. The molecule has 0 amide bonds.